The lowest BCUT2D eigenvalue weighted by molar-refractivity contribution is 0.0548. The first-order chi connectivity index (χ1) is 10.7. The van der Waals surface area contributed by atoms with Gasteiger partial charge >= 0.3 is 0 Å². The van der Waals surface area contributed by atoms with Crippen LogP contribution >= 0.6 is 0 Å². The Balaban J connectivity index is 2.10. The van der Waals surface area contributed by atoms with Crippen molar-refractivity contribution in [2.24, 2.45) is 11.8 Å². The van der Waals surface area contributed by atoms with Crippen molar-refractivity contribution in [1.29, 1.82) is 0 Å². The van der Waals surface area contributed by atoms with Gasteiger partial charge in [0, 0.05) is 11.5 Å². The predicted molar refractivity (Wildman–Crippen MR) is 90.3 cm³/mol. The molecule has 3 atom stereocenters. The maximum absolute atomic E-state index is 13.0. The second-order valence-electron chi connectivity index (χ2n) is 7.47. The van der Waals surface area contributed by atoms with Crippen LogP contribution in [0.2, 0.25) is 19.6 Å². The fraction of sp³-hybridized carbons (Fsp3) is 0.444. The summed E-state index contributed by atoms with van der Waals surface area (Å²) in [6, 6.07) is 4.71. The fourth-order valence-electron chi connectivity index (χ4n) is 3.63. The van der Waals surface area contributed by atoms with E-state index in [0.717, 1.165) is 5.57 Å². The van der Waals surface area contributed by atoms with Gasteiger partial charge in [0.2, 0.25) is 0 Å². The molecule has 3 unspecified atom stereocenters. The van der Waals surface area contributed by atoms with Crippen molar-refractivity contribution >= 4 is 19.9 Å². The highest BCUT2D eigenvalue weighted by Gasteiger charge is 2.48. The minimum absolute atomic E-state index is 0.0582. The molecular weight excluding hydrogens is 308 g/mol. The van der Waals surface area contributed by atoms with E-state index in [1.165, 1.54) is 6.07 Å². The van der Waals surface area contributed by atoms with Gasteiger partial charge in [-0.25, -0.2) is 0 Å². The number of benzene rings is 1. The summed E-state index contributed by atoms with van der Waals surface area (Å²) in [6.45, 7) is 8.19. The molecule has 0 saturated carbocycles. The van der Waals surface area contributed by atoms with Crippen LogP contribution in [0.5, 0.6) is 5.75 Å². The summed E-state index contributed by atoms with van der Waals surface area (Å²) >= 11 is 0. The lowest BCUT2D eigenvalue weighted by atomic mass is 9.66. The van der Waals surface area contributed by atoms with Gasteiger partial charge in [0.15, 0.2) is 19.9 Å². The smallest absolute Gasteiger partial charge is 0.184 e. The number of phenols is 1. The monoisotopic (exact) mass is 330 g/mol. The Morgan fingerprint density at radius 1 is 1.17 bits per heavy atom. The lowest BCUT2D eigenvalue weighted by Gasteiger charge is -2.40. The predicted octanol–water partition coefficient (Wildman–Crippen LogP) is 3.57. The quantitative estimate of drug-likeness (QED) is 0.665. The number of ketones is 2. The lowest BCUT2D eigenvalue weighted by Crippen LogP contribution is -2.48. The standard InChI is InChI=1S/C18H22O4Si/c1-10-8-12-16(14(9-10)22-23(2,3)4)18(21)15-11(17(12)20)6-5-7-13(15)19/h5-7,9,12,14,16,19H,8H2,1-4H3. The third-order valence-corrected chi connectivity index (χ3v) is 5.44. The number of carbonyl (C=O) groups excluding carboxylic acids is 2. The molecule has 0 spiro atoms. The Morgan fingerprint density at radius 3 is 2.52 bits per heavy atom. The van der Waals surface area contributed by atoms with Gasteiger partial charge in [-0.15, -0.1) is 0 Å². The molecule has 2 aliphatic carbocycles. The van der Waals surface area contributed by atoms with E-state index < -0.39 is 14.2 Å². The van der Waals surface area contributed by atoms with Crippen LogP contribution in [-0.2, 0) is 4.43 Å². The summed E-state index contributed by atoms with van der Waals surface area (Å²) in [5.41, 5.74) is 1.59. The van der Waals surface area contributed by atoms with Crippen molar-refractivity contribution < 1.29 is 19.1 Å². The summed E-state index contributed by atoms with van der Waals surface area (Å²) in [7, 11) is -1.88. The number of phenolic OH excluding ortho intramolecular Hbond substituents is 1. The van der Waals surface area contributed by atoms with E-state index in [9.17, 15) is 14.7 Å². The van der Waals surface area contributed by atoms with Crippen molar-refractivity contribution in [2.45, 2.75) is 39.1 Å². The number of hydrogen-bond acceptors (Lipinski definition) is 4. The molecule has 0 bridgehead atoms. The highest BCUT2D eigenvalue weighted by atomic mass is 28.4. The highest BCUT2D eigenvalue weighted by Crippen LogP contribution is 2.43. The molecule has 23 heavy (non-hydrogen) atoms. The molecule has 1 aromatic rings. The van der Waals surface area contributed by atoms with Crippen LogP contribution in [0.25, 0.3) is 0 Å². The van der Waals surface area contributed by atoms with Crippen molar-refractivity contribution in [3.63, 3.8) is 0 Å². The molecular formula is C18H22O4Si. The number of Topliss-reactive ketones (excluding diaryl/α,β-unsaturated/α-hetero) is 2. The van der Waals surface area contributed by atoms with E-state index in [0.29, 0.717) is 12.0 Å². The van der Waals surface area contributed by atoms with Crippen molar-refractivity contribution in [2.75, 3.05) is 0 Å². The number of aromatic hydroxyl groups is 1. The normalized spacial score (nSPS) is 27.3. The van der Waals surface area contributed by atoms with Crippen molar-refractivity contribution in [3.8, 4) is 5.75 Å². The van der Waals surface area contributed by atoms with Crippen LogP contribution in [0.1, 0.15) is 34.1 Å². The first kappa shape index (κ1) is 16.1. The zero-order valence-corrected chi connectivity index (χ0v) is 14.9. The summed E-state index contributed by atoms with van der Waals surface area (Å²) in [5.74, 6) is -1.26. The fourth-order valence-corrected chi connectivity index (χ4v) is 4.66. The van der Waals surface area contributed by atoms with E-state index in [-0.39, 0.29) is 34.9 Å². The largest absolute Gasteiger partial charge is 0.507 e. The summed E-state index contributed by atoms with van der Waals surface area (Å²) in [5, 5.41) is 10.1. The zero-order valence-electron chi connectivity index (χ0n) is 13.9. The van der Waals surface area contributed by atoms with Crippen LogP contribution in [-0.4, -0.2) is 31.1 Å². The van der Waals surface area contributed by atoms with Gasteiger partial charge in [0.05, 0.1) is 17.6 Å². The molecule has 5 heteroatoms. The third kappa shape index (κ3) is 2.79. The Kier molecular flexibility index (Phi) is 3.81. The molecule has 4 nitrogen and oxygen atoms in total. The van der Waals surface area contributed by atoms with Gasteiger partial charge in [-0.05, 0) is 39.1 Å². The maximum Gasteiger partial charge on any atom is 0.184 e. The molecule has 0 fully saturated rings. The van der Waals surface area contributed by atoms with E-state index >= 15 is 0 Å². The van der Waals surface area contributed by atoms with E-state index in [4.69, 9.17) is 4.43 Å². The van der Waals surface area contributed by atoms with E-state index in [2.05, 4.69) is 19.6 Å². The van der Waals surface area contributed by atoms with Crippen LogP contribution < -0.4 is 0 Å². The van der Waals surface area contributed by atoms with Gasteiger partial charge in [-0.3, -0.25) is 9.59 Å². The summed E-state index contributed by atoms with van der Waals surface area (Å²) in [6.07, 6.45) is 2.18. The first-order valence-electron chi connectivity index (χ1n) is 7.94. The molecule has 0 saturated heterocycles. The summed E-state index contributed by atoms with van der Waals surface area (Å²) in [4.78, 5) is 25.9. The topological polar surface area (TPSA) is 63.6 Å². The van der Waals surface area contributed by atoms with E-state index in [1.54, 1.807) is 12.1 Å². The molecule has 3 rings (SSSR count). The number of rotatable bonds is 2. The minimum Gasteiger partial charge on any atom is -0.507 e. The first-order valence-corrected chi connectivity index (χ1v) is 11.4. The van der Waals surface area contributed by atoms with Crippen LogP contribution in [0.4, 0.5) is 0 Å². The Morgan fingerprint density at radius 2 is 1.87 bits per heavy atom. The van der Waals surface area contributed by atoms with Gasteiger partial charge in [0.25, 0.3) is 0 Å². The number of hydrogen-bond donors (Lipinski definition) is 1. The number of allylic oxidation sites excluding steroid dienone is 1. The van der Waals surface area contributed by atoms with Gasteiger partial charge in [-0.2, -0.15) is 0 Å². The number of carbonyl (C=O) groups is 2. The Bertz CT molecular complexity index is 714. The van der Waals surface area contributed by atoms with Gasteiger partial charge in [-0.1, -0.05) is 23.8 Å². The molecule has 1 aromatic carbocycles. The minimum atomic E-state index is -1.88. The Hall–Kier alpha value is -1.72. The molecule has 122 valence electrons. The second kappa shape index (κ2) is 5.42. The molecule has 0 radical (unpaired) electrons. The summed E-state index contributed by atoms with van der Waals surface area (Å²) < 4.78 is 6.20. The molecule has 0 aromatic heterocycles. The maximum atomic E-state index is 13.0. The number of fused-ring (bicyclic) bond motifs is 2. The molecule has 2 aliphatic rings. The SMILES string of the molecule is CC1=CC(O[Si](C)(C)C)C2C(=O)c3c(O)cccc3C(=O)C2C1. The molecule has 1 N–H and O–H groups in total. The van der Waals surface area contributed by atoms with Gasteiger partial charge in [0.1, 0.15) is 5.75 Å². The molecule has 0 heterocycles. The average Bonchev–Trinajstić information content (AvgIpc) is 2.42. The zero-order chi connectivity index (χ0) is 16.9. The molecule has 0 aliphatic heterocycles. The van der Waals surface area contributed by atoms with Crippen LogP contribution in [0.3, 0.4) is 0 Å². The average molecular weight is 330 g/mol. The third-order valence-electron chi connectivity index (χ3n) is 4.46. The molecule has 0 amide bonds. The highest BCUT2D eigenvalue weighted by molar-refractivity contribution is 6.69. The second-order valence-corrected chi connectivity index (χ2v) is 11.9. The Labute approximate surface area is 137 Å². The van der Waals surface area contributed by atoms with Gasteiger partial charge < -0.3 is 9.53 Å². The van der Waals surface area contributed by atoms with Crippen LogP contribution in [0, 0.1) is 11.8 Å². The van der Waals surface area contributed by atoms with Crippen LogP contribution in [0.15, 0.2) is 29.8 Å². The van der Waals surface area contributed by atoms with Crippen molar-refractivity contribution in [3.05, 3.63) is 41.0 Å². The van der Waals surface area contributed by atoms with Crippen molar-refractivity contribution in [1.82, 2.24) is 0 Å². The van der Waals surface area contributed by atoms with E-state index in [1.807, 2.05) is 13.0 Å².